The molecule has 32 heavy (non-hydrogen) atoms. The van der Waals surface area contributed by atoms with Gasteiger partial charge in [0.1, 0.15) is 18.1 Å². The summed E-state index contributed by atoms with van der Waals surface area (Å²) in [6.07, 6.45) is 3.66. The summed E-state index contributed by atoms with van der Waals surface area (Å²) in [5.74, 6) is -1.08. The van der Waals surface area contributed by atoms with E-state index in [-0.39, 0.29) is 23.4 Å². The number of hydrogen-bond acceptors (Lipinski definition) is 4. The number of thiocarbonyl (C=S) groups is 1. The van der Waals surface area contributed by atoms with Crippen LogP contribution in [0.3, 0.4) is 0 Å². The SMILES string of the molecule is COC(=O)CN1C(=S)N(C)C(=O)/C1=C/c1cn(Cc2ccc(F)cc2)c2ccc(Br)cc12. The number of likely N-dealkylation sites (N-methyl/N-ethyl adjacent to an activating group) is 1. The lowest BCUT2D eigenvalue weighted by molar-refractivity contribution is -0.140. The van der Waals surface area contributed by atoms with Crippen LogP contribution in [-0.4, -0.2) is 52.1 Å². The Morgan fingerprint density at radius 1 is 1.22 bits per heavy atom. The second-order valence-corrected chi connectivity index (χ2v) is 8.62. The molecule has 1 amide bonds. The maximum atomic E-state index is 13.3. The van der Waals surface area contributed by atoms with Gasteiger partial charge in [-0.2, -0.15) is 0 Å². The Bertz CT molecular complexity index is 1270. The maximum absolute atomic E-state index is 13.3. The molecule has 0 saturated carbocycles. The molecular weight excluding hydrogens is 497 g/mol. The standard InChI is InChI=1S/C23H19BrFN3O3S/c1-26-22(30)20(28(23(26)32)13-21(29)31-2)9-15-12-27(11-14-3-6-17(25)7-4-14)19-8-5-16(24)10-18(15)19/h3-10,12H,11,13H2,1-2H3/b20-9-. The van der Waals surface area contributed by atoms with Gasteiger partial charge in [0, 0.05) is 40.7 Å². The van der Waals surface area contributed by atoms with Gasteiger partial charge in [0.2, 0.25) is 0 Å². The van der Waals surface area contributed by atoms with Gasteiger partial charge in [-0.3, -0.25) is 14.5 Å². The highest BCUT2D eigenvalue weighted by atomic mass is 79.9. The van der Waals surface area contributed by atoms with Gasteiger partial charge < -0.3 is 14.2 Å². The minimum absolute atomic E-state index is 0.158. The van der Waals surface area contributed by atoms with E-state index < -0.39 is 5.97 Å². The lowest BCUT2D eigenvalue weighted by Crippen LogP contribution is -2.33. The monoisotopic (exact) mass is 515 g/mol. The average molecular weight is 516 g/mol. The Hall–Kier alpha value is -3.04. The van der Waals surface area contributed by atoms with Crippen molar-refractivity contribution >= 4 is 62.1 Å². The smallest absolute Gasteiger partial charge is 0.325 e. The van der Waals surface area contributed by atoms with E-state index in [4.69, 9.17) is 17.0 Å². The number of methoxy groups -OCH3 is 1. The number of hydrogen-bond donors (Lipinski definition) is 0. The molecule has 4 rings (SSSR count). The van der Waals surface area contributed by atoms with Crippen LogP contribution < -0.4 is 0 Å². The molecule has 1 saturated heterocycles. The van der Waals surface area contributed by atoms with Crippen molar-refractivity contribution in [2.24, 2.45) is 0 Å². The van der Waals surface area contributed by atoms with Crippen molar-refractivity contribution in [1.29, 1.82) is 0 Å². The van der Waals surface area contributed by atoms with Gasteiger partial charge >= 0.3 is 5.97 Å². The number of carbonyl (C=O) groups excluding carboxylic acids is 2. The lowest BCUT2D eigenvalue weighted by atomic mass is 10.1. The van der Waals surface area contributed by atoms with Crippen molar-refractivity contribution in [3.05, 3.63) is 75.8 Å². The van der Waals surface area contributed by atoms with Crippen LogP contribution in [0, 0.1) is 5.82 Å². The highest BCUT2D eigenvalue weighted by Crippen LogP contribution is 2.30. The van der Waals surface area contributed by atoms with Crippen LogP contribution in [0.25, 0.3) is 17.0 Å². The van der Waals surface area contributed by atoms with Crippen LogP contribution in [0.2, 0.25) is 0 Å². The summed E-state index contributed by atoms with van der Waals surface area (Å²) in [5.41, 5.74) is 2.98. The third-order valence-electron chi connectivity index (χ3n) is 5.28. The third kappa shape index (κ3) is 4.18. The first-order valence-corrected chi connectivity index (χ1v) is 10.9. The molecule has 3 aromatic rings. The molecule has 0 radical (unpaired) electrons. The zero-order valence-corrected chi connectivity index (χ0v) is 19.7. The summed E-state index contributed by atoms with van der Waals surface area (Å²) in [5, 5.41) is 1.16. The third-order valence-corrected chi connectivity index (χ3v) is 6.27. The molecule has 0 bridgehead atoms. The van der Waals surface area contributed by atoms with E-state index in [0.29, 0.717) is 12.2 Å². The van der Waals surface area contributed by atoms with Gasteiger partial charge in [-0.25, -0.2) is 4.39 Å². The Kier molecular flexibility index (Phi) is 6.12. The van der Waals surface area contributed by atoms with Crippen molar-refractivity contribution in [2.75, 3.05) is 20.7 Å². The van der Waals surface area contributed by atoms with Gasteiger partial charge in [0.15, 0.2) is 5.11 Å². The largest absolute Gasteiger partial charge is 0.468 e. The van der Waals surface area contributed by atoms with Crippen molar-refractivity contribution in [3.63, 3.8) is 0 Å². The number of esters is 1. The number of carbonyl (C=O) groups is 2. The molecule has 1 aromatic heterocycles. The first-order chi connectivity index (χ1) is 15.3. The molecule has 0 N–H and O–H groups in total. The number of nitrogens with zero attached hydrogens (tertiary/aromatic N) is 3. The summed E-state index contributed by atoms with van der Waals surface area (Å²) in [4.78, 5) is 27.6. The Morgan fingerprint density at radius 3 is 2.62 bits per heavy atom. The van der Waals surface area contributed by atoms with Gasteiger partial charge in [-0.15, -0.1) is 0 Å². The van der Waals surface area contributed by atoms with E-state index in [0.717, 1.165) is 26.5 Å². The van der Waals surface area contributed by atoms with E-state index in [1.807, 2.05) is 29.0 Å². The lowest BCUT2D eigenvalue weighted by Gasteiger charge is -2.16. The topological polar surface area (TPSA) is 54.8 Å². The highest BCUT2D eigenvalue weighted by molar-refractivity contribution is 9.10. The molecule has 9 heteroatoms. The van der Waals surface area contributed by atoms with E-state index >= 15 is 0 Å². The molecule has 1 fully saturated rings. The van der Waals surface area contributed by atoms with Crippen LogP contribution in [0.1, 0.15) is 11.1 Å². The normalized spacial score (nSPS) is 15.3. The van der Waals surface area contributed by atoms with E-state index in [1.165, 1.54) is 29.0 Å². The van der Waals surface area contributed by atoms with Gasteiger partial charge in [0.25, 0.3) is 5.91 Å². The van der Waals surface area contributed by atoms with Crippen LogP contribution in [0.15, 0.2) is 58.8 Å². The Labute approximate surface area is 198 Å². The van der Waals surface area contributed by atoms with Crippen LogP contribution >= 0.6 is 28.1 Å². The molecule has 0 spiro atoms. The molecule has 0 unspecified atom stereocenters. The van der Waals surface area contributed by atoms with Gasteiger partial charge in [-0.05, 0) is 54.2 Å². The van der Waals surface area contributed by atoms with E-state index in [9.17, 15) is 14.0 Å². The predicted octanol–water partition coefficient (Wildman–Crippen LogP) is 4.16. The Balaban J connectivity index is 1.80. The number of aromatic nitrogens is 1. The molecule has 6 nitrogen and oxygen atoms in total. The molecule has 2 aromatic carbocycles. The number of fused-ring (bicyclic) bond motifs is 1. The quantitative estimate of drug-likeness (QED) is 0.290. The molecule has 1 aliphatic heterocycles. The van der Waals surface area contributed by atoms with Gasteiger partial charge in [-0.1, -0.05) is 28.1 Å². The number of ether oxygens (including phenoxy) is 1. The zero-order valence-electron chi connectivity index (χ0n) is 17.3. The second kappa shape index (κ2) is 8.84. The summed E-state index contributed by atoms with van der Waals surface area (Å²) in [6, 6.07) is 12.2. The average Bonchev–Trinajstić information content (AvgIpc) is 3.20. The van der Waals surface area contributed by atoms with Crippen molar-refractivity contribution in [3.8, 4) is 0 Å². The summed E-state index contributed by atoms with van der Waals surface area (Å²) in [7, 11) is 2.86. The number of benzene rings is 2. The first kappa shape index (κ1) is 22.2. The fourth-order valence-electron chi connectivity index (χ4n) is 3.62. The molecule has 0 atom stereocenters. The van der Waals surface area contributed by atoms with Crippen LogP contribution in [0.4, 0.5) is 4.39 Å². The van der Waals surface area contributed by atoms with Crippen LogP contribution in [-0.2, 0) is 20.9 Å². The van der Waals surface area contributed by atoms with E-state index in [1.54, 1.807) is 25.3 Å². The fourth-order valence-corrected chi connectivity index (χ4v) is 4.23. The number of rotatable bonds is 5. The summed E-state index contributed by atoms with van der Waals surface area (Å²) >= 11 is 8.87. The van der Waals surface area contributed by atoms with Crippen molar-refractivity contribution < 1.29 is 18.7 Å². The molecule has 1 aliphatic rings. The minimum Gasteiger partial charge on any atom is -0.468 e. The summed E-state index contributed by atoms with van der Waals surface area (Å²) in [6.45, 7) is 0.370. The predicted molar refractivity (Wildman–Crippen MR) is 127 cm³/mol. The molecule has 0 aliphatic carbocycles. The molecule has 164 valence electrons. The van der Waals surface area contributed by atoms with Gasteiger partial charge in [0.05, 0.1) is 7.11 Å². The highest BCUT2D eigenvalue weighted by Gasteiger charge is 2.37. The van der Waals surface area contributed by atoms with E-state index in [2.05, 4.69) is 15.9 Å². The second-order valence-electron chi connectivity index (χ2n) is 7.34. The molecule has 2 heterocycles. The minimum atomic E-state index is -0.497. The summed E-state index contributed by atoms with van der Waals surface area (Å²) < 4.78 is 21.0. The first-order valence-electron chi connectivity index (χ1n) is 9.69. The van der Waals surface area contributed by atoms with Crippen molar-refractivity contribution in [2.45, 2.75) is 6.54 Å². The maximum Gasteiger partial charge on any atom is 0.325 e. The van der Waals surface area contributed by atoms with Crippen LogP contribution in [0.5, 0.6) is 0 Å². The van der Waals surface area contributed by atoms with Crippen molar-refractivity contribution in [1.82, 2.24) is 14.4 Å². The fraction of sp³-hybridized carbons (Fsp3) is 0.174. The molecular formula is C23H19BrFN3O3S. The Morgan fingerprint density at radius 2 is 1.94 bits per heavy atom. The number of amides is 1. The number of halogens is 2. The zero-order chi connectivity index (χ0) is 23.0.